The molecular weight excluding hydrogens is 364 g/mol. The third-order valence-electron chi connectivity index (χ3n) is 3.39. The number of thiophene rings is 1. The van der Waals surface area contributed by atoms with Crippen molar-refractivity contribution < 1.29 is 19.4 Å². The number of rotatable bonds is 5. The fourth-order valence-corrected chi connectivity index (χ4v) is 3.16. The van der Waals surface area contributed by atoms with Gasteiger partial charge in [0, 0.05) is 6.07 Å². The highest BCUT2D eigenvalue weighted by molar-refractivity contribution is 7.13. The number of carbonyl (C=O) groups is 2. The number of nitrogens with zero attached hydrogens (tertiary/aromatic N) is 2. The van der Waals surface area contributed by atoms with Crippen molar-refractivity contribution in [3.8, 4) is 16.3 Å². The van der Waals surface area contributed by atoms with Gasteiger partial charge in [0.1, 0.15) is 5.69 Å². The Morgan fingerprint density at radius 2 is 2.12 bits per heavy atom. The molecule has 0 aliphatic rings. The minimum atomic E-state index is -1.16. The number of hydrogen-bond acceptors (Lipinski definition) is 5. The molecule has 0 saturated heterocycles. The first kappa shape index (κ1) is 17.2. The normalized spacial score (nSPS) is 10.6. The van der Waals surface area contributed by atoms with Crippen LogP contribution in [0, 0.1) is 0 Å². The maximum absolute atomic E-state index is 12.3. The van der Waals surface area contributed by atoms with E-state index in [-0.39, 0.29) is 22.9 Å². The molecule has 0 bridgehead atoms. The molecule has 3 aromatic rings. The number of esters is 1. The average molecular weight is 377 g/mol. The lowest BCUT2D eigenvalue weighted by molar-refractivity contribution is 0.0515. The van der Waals surface area contributed by atoms with Crippen molar-refractivity contribution in [3.63, 3.8) is 0 Å². The predicted octanol–water partition coefficient (Wildman–Crippen LogP) is 4.13. The zero-order chi connectivity index (χ0) is 18.0. The molecule has 1 aromatic carbocycles. The predicted molar refractivity (Wildman–Crippen MR) is 94.8 cm³/mol. The first-order valence-corrected chi connectivity index (χ1v) is 8.61. The second-order valence-corrected chi connectivity index (χ2v) is 6.35. The smallest absolute Gasteiger partial charge is 0.357 e. The molecule has 0 unspecified atom stereocenters. The van der Waals surface area contributed by atoms with Gasteiger partial charge in [0.15, 0.2) is 5.69 Å². The topological polar surface area (TPSA) is 81.4 Å². The van der Waals surface area contributed by atoms with Gasteiger partial charge >= 0.3 is 11.9 Å². The van der Waals surface area contributed by atoms with E-state index in [4.69, 9.17) is 16.3 Å². The third kappa shape index (κ3) is 3.42. The van der Waals surface area contributed by atoms with Crippen molar-refractivity contribution in [2.45, 2.75) is 6.92 Å². The number of carboxylic acids is 1. The lowest BCUT2D eigenvalue weighted by atomic mass is 10.2. The van der Waals surface area contributed by atoms with Crippen molar-refractivity contribution in [2.24, 2.45) is 0 Å². The number of carbonyl (C=O) groups excluding carboxylic acids is 1. The Balaban J connectivity index is 2.15. The third-order valence-corrected chi connectivity index (χ3v) is 4.61. The van der Waals surface area contributed by atoms with Crippen LogP contribution in [0.15, 0.2) is 41.8 Å². The number of halogens is 1. The van der Waals surface area contributed by atoms with E-state index in [1.165, 1.54) is 28.2 Å². The molecule has 0 radical (unpaired) electrons. The zero-order valence-electron chi connectivity index (χ0n) is 13.1. The standard InChI is InChI=1S/C17H13ClN2O4S/c1-2-24-17(23)14-9-13(15-4-3-7-25-15)19-20(14)10-5-6-12(18)11(8-10)16(21)22/h3-9H,2H2,1H3,(H,21,22). The minimum Gasteiger partial charge on any atom is -0.478 e. The molecule has 2 heterocycles. The summed E-state index contributed by atoms with van der Waals surface area (Å²) in [4.78, 5) is 24.5. The van der Waals surface area contributed by atoms with Crippen LogP contribution in [0.3, 0.4) is 0 Å². The fraction of sp³-hybridized carbons (Fsp3) is 0.118. The van der Waals surface area contributed by atoms with E-state index >= 15 is 0 Å². The monoisotopic (exact) mass is 376 g/mol. The van der Waals surface area contributed by atoms with E-state index in [1.807, 2.05) is 17.5 Å². The minimum absolute atomic E-state index is 0.0675. The molecule has 6 nitrogen and oxygen atoms in total. The second kappa shape index (κ2) is 7.08. The molecule has 0 amide bonds. The summed E-state index contributed by atoms with van der Waals surface area (Å²) in [5.41, 5.74) is 1.16. The van der Waals surface area contributed by atoms with Crippen molar-refractivity contribution in [3.05, 3.63) is 58.1 Å². The first-order valence-electron chi connectivity index (χ1n) is 7.35. The Bertz CT molecular complexity index is 934. The van der Waals surface area contributed by atoms with E-state index in [0.29, 0.717) is 11.4 Å². The van der Waals surface area contributed by atoms with Crippen LogP contribution < -0.4 is 0 Å². The van der Waals surface area contributed by atoms with Crippen LogP contribution in [0.5, 0.6) is 0 Å². The largest absolute Gasteiger partial charge is 0.478 e. The van der Waals surface area contributed by atoms with E-state index in [1.54, 1.807) is 19.1 Å². The number of hydrogen-bond donors (Lipinski definition) is 1. The van der Waals surface area contributed by atoms with Crippen LogP contribution >= 0.6 is 22.9 Å². The van der Waals surface area contributed by atoms with Crippen molar-refractivity contribution in [1.82, 2.24) is 9.78 Å². The summed E-state index contributed by atoms with van der Waals surface area (Å²) in [5.74, 6) is -1.69. The molecule has 8 heteroatoms. The number of benzene rings is 1. The van der Waals surface area contributed by atoms with Crippen molar-refractivity contribution >= 4 is 34.9 Å². The molecule has 0 spiro atoms. The van der Waals surface area contributed by atoms with Gasteiger partial charge in [-0.2, -0.15) is 5.10 Å². The Hall–Kier alpha value is -2.64. The summed E-state index contributed by atoms with van der Waals surface area (Å²) >= 11 is 7.40. The van der Waals surface area contributed by atoms with Gasteiger partial charge in [0.05, 0.1) is 27.8 Å². The van der Waals surface area contributed by atoms with Crippen LogP contribution in [-0.4, -0.2) is 33.4 Å². The van der Waals surface area contributed by atoms with E-state index in [2.05, 4.69) is 5.10 Å². The molecule has 128 valence electrons. The van der Waals surface area contributed by atoms with Gasteiger partial charge < -0.3 is 9.84 Å². The number of carboxylic acid groups (broad SMARTS) is 1. The van der Waals surface area contributed by atoms with Crippen LogP contribution in [0.25, 0.3) is 16.3 Å². The quantitative estimate of drug-likeness (QED) is 0.677. The summed E-state index contributed by atoms with van der Waals surface area (Å²) in [6.45, 7) is 1.93. The van der Waals surface area contributed by atoms with Crippen LogP contribution in [0.4, 0.5) is 0 Å². The summed E-state index contributed by atoms with van der Waals surface area (Å²) < 4.78 is 6.45. The molecule has 0 saturated carbocycles. The van der Waals surface area contributed by atoms with E-state index in [9.17, 15) is 14.7 Å². The highest BCUT2D eigenvalue weighted by atomic mass is 35.5. The molecule has 0 aliphatic carbocycles. The van der Waals surface area contributed by atoms with Crippen LogP contribution in [-0.2, 0) is 4.74 Å². The second-order valence-electron chi connectivity index (χ2n) is 4.99. The van der Waals surface area contributed by atoms with Crippen molar-refractivity contribution in [1.29, 1.82) is 0 Å². The molecule has 2 aromatic heterocycles. The molecule has 1 N–H and O–H groups in total. The van der Waals surface area contributed by atoms with Gasteiger partial charge in [0.25, 0.3) is 0 Å². The van der Waals surface area contributed by atoms with Crippen LogP contribution in [0.2, 0.25) is 5.02 Å². The van der Waals surface area contributed by atoms with Crippen molar-refractivity contribution in [2.75, 3.05) is 6.61 Å². The lowest BCUT2D eigenvalue weighted by Crippen LogP contribution is -2.12. The van der Waals surface area contributed by atoms with Gasteiger partial charge in [-0.3, -0.25) is 0 Å². The van der Waals surface area contributed by atoms with Crippen LogP contribution in [0.1, 0.15) is 27.8 Å². The molecule has 0 fully saturated rings. The summed E-state index contributed by atoms with van der Waals surface area (Å²) in [5, 5.41) is 15.7. The zero-order valence-corrected chi connectivity index (χ0v) is 14.7. The SMILES string of the molecule is CCOC(=O)c1cc(-c2cccs2)nn1-c1ccc(Cl)c(C(=O)O)c1. The van der Waals surface area contributed by atoms with Gasteiger partial charge in [-0.1, -0.05) is 17.7 Å². The Labute approximate surface area is 152 Å². The molecule has 25 heavy (non-hydrogen) atoms. The highest BCUT2D eigenvalue weighted by Gasteiger charge is 2.20. The maximum Gasteiger partial charge on any atom is 0.357 e. The summed E-state index contributed by atoms with van der Waals surface area (Å²) in [6.07, 6.45) is 0. The number of aromatic carboxylic acids is 1. The van der Waals surface area contributed by atoms with Gasteiger partial charge in [-0.05, 0) is 36.6 Å². The molecule has 0 atom stereocenters. The Morgan fingerprint density at radius 1 is 1.32 bits per heavy atom. The van der Waals surface area contributed by atoms with E-state index in [0.717, 1.165) is 4.88 Å². The number of ether oxygens (including phenoxy) is 1. The van der Waals surface area contributed by atoms with E-state index < -0.39 is 11.9 Å². The highest BCUT2D eigenvalue weighted by Crippen LogP contribution is 2.27. The Morgan fingerprint density at radius 3 is 2.76 bits per heavy atom. The maximum atomic E-state index is 12.3. The van der Waals surface area contributed by atoms with Gasteiger partial charge in [-0.25, -0.2) is 14.3 Å². The van der Waals surface area contributed by atoms with Gasteiger partial charge in [0.2, 0.25) is 0 Å². The number of aromatic nitrogens is 2. The Kier molecular flexibility index (Phi) is 4.87. The lowest BCUT2D eigenvalue weighted by Gasteiger charge is -2.08. The molecule has 3 rings (SSSR count). The fourth-order valence-electron chi connectivity index (χ4n) is 2.28. The van der Waals surface area contributed by atoms with Gasteiger partial charge in [-0.15, -0.1) is 11.3 Å². The molecule has 0 aliphatic heterocycles. The average Bonchev–Trinajstić information content (AvgIpc) is 3.24. The summed E-state index contributed by atoms with van der Waals surface area (Å²) in [7, 11) is 0. The summed E-state index contributed by atoms with van der Waals surface area (Å²) in [6, 6.07) is 9.83. The first-order chi connectivity index (χ1) is 12.0. The molecular formula is C17H13ClN2O4S.